The first-order chi connectivity index (χ1) is 24.9. The molecule has 0 fully saturated rings. The highest BCUT2D eigenvalue weighted by Gasteiger charge is 2.37. The molecule has 51 heavy (non-hydrogen) atoms. The Balaban J connectivity index is 0.00000184. The zero-order valence-electron chi connectivity index (χ0n) is 29.2. The van der Waals surface area contributed by atoms with E-state index in [2.05, 4.69) is 97.3 Å². The van der Waals surface area contributed by atoms with Gasteiger partial charge in [-0.25, -0.2) is 9.97 Å². The fourth-order valence-electron chi connectivity index (χ4n) is 7.50. The molecule has 0 atom stereocenters. The number of benzene rings is 6. The smallest absolute Gasteiger partial charge is 0.423 e. The van der Waals surface area contributed by atoms with Gasteiger partial charge >= 0.3 is 7.12 Å². The highest BCUT2D eigenvalue weighted by molar-refractivity contribution is 6.59. The van der Waals surface area contributed by atoms with Crippen molar-refractivity contribution in [3.8, 4) is 50.7 Å². The lowest BCUT2D eigenvalue weighted by Crippen LogP contribution is -2.29. The monoisotopic (exact) mass is 663 g/mol. The minimum absolute atomic E-state index is 0.254. The first-order valence-corrected chi connectivity index (χ1v) is 17.6. The summed E-state index contributed by atoms with van der Waals surface area (Å²) in [5, 5.41) is 22.3. The van der Waals surface area contributed by atoms with Crippen LogP contribution in [0.1, 0.15) is 38.8 Å². The molecule has 1 aliphatic carbocycles. The number of fused-ring (bicyclic) bond motifs is 6. The Labute approximate surface area is 298 Å². The maximum Gasteiger partial charge on any atom is 0.488 e. The van der Waals surface area contributed by atoms with Crippen LogP contribution in [0.3, 0.4) is 0 Å². The van der Waals surface area contributed by atoms with Gasteiger partial charge in [0, 0.05) is 27.3 Å². The maximum absolute atomic E-state index is 10.2. The van der Waals surface area contributed by atoms with Crippen LogP contribution in [-0.4, -0.2) is 31.7 Å². The molecule has 2 heterocycles. The van der Waals surface area contributed by atoms with E-state index in [9.17, 15) is 10.0 Å². The summed E-state index contributed by atoms with van der Waals surface area (Å²) < 4.78 is 2.13. The Morgan fingerprint density at radius 3 is 1.65 bits per heavy atom. The van der Waals surface area contributed by atoms with Crippen molar-refractivity contribution < 1.29 is 10.0 Å². The average Bonchev–Trinajstić information content (AvgIpc) is 3.62. The normalized spacial score (nSPS) is 12.7. The Morgan fingerprint density at radius 2 is 1.06 bits per heavy atom. The largest absolute Gasteiger partial charge is 0.488 e. The van der Waals surface area contributed by atoms with Gasteiger partial charge in [-0.15, -0.1) is 0 Å². The second kappa shape index (κ2) is 12.8. The van der Waals surface area contributed by atoms with Gasteiger partial charge in [0.15, 0.2) is 0 Å². The Kier molecular flexibility index (Phi) is 8.14. The summed E-state index contributed by atoms with van der Waals surface area (Å²) in [5.41, 5.74) is 13.0. The van der Waals surface area contributed by atoms with Crippen LogP contribution in [0, 0.1) is 0 Å². The van der Waals surface area contributed by atoms with E-state index in [1.165, 1.54) is 33.4 Å². The molecular formula is C45H38BN3O2. The summed E-state index contributed by atoms with van der Waals surface area (Å²) in [4.78, 5) is 10.4. The van der Waals surface area contributed by atoms with Crippen LogP contribution < -0.4 is 5.46 Å². The van der Waals surface area contributed by atoms with Crippen molar-refractivity contribution in [1.29, 1.82) is 0 Å². The summed E-state index contributed by atoms with van der Waals surface area (Å²) in [7, 11) is -1.59. The standard InChI is InChI=1S/C43H32BN3O2.C2H6/c1-43(2)36-22-30(27-12-6-3-7-13-27)18-20-32(36)33-25-41-35(24-37(33)43)34-23-31(44(48)49)19-21-40(34)47(41)42-45-38(28-14-8-4-9-15-28)26-39(46-42)29-16-10-5-11-17-29;1-2/h3-26,48-49H,1-2H3;1-2H3. The van der Waals surface area contributed by atoms with Crippen molar-refractivity contribution in [2.24, 2.45) is 0 Å². The molecule has 6 heteroatoms. The molecule has 0 radical (unpaired) electrons. The van der Waals surface area contributed by atoms with Gasteiger partial charge in [-0.3, -0.25) is 4.57 Å². The lowest BCUT2D eigenvalue weighted by molar-refractivity contribution is 0.426. The topological polar surface area (TPSA) is 71.2 Å². The quantitative estimate of drug-likeness (QED) is 0.180. The molecule has 0 saturated carbocycles. The molecule has 0 aliphatic heterocycles. The summed E-state index contributed by atoms with van der Waals surface area (Å²) >= 11 is 0. The highest BCUT2D eigenvalue weighted by Crippen LogP contribution is 2.52. The van der Waals surface area contributed by atoms with Crippen LogP contribution in [0.15, 0.2) is 146 Å². The second-order valence-corrected chi connectivity index (χ2v) is 13.3. The molecule has 0 spiro atoms. The van der Waals surface area contributed by atoms with E-state index in [-0.39, 0.29) is 5.41 Å². The second-order valence-electron chi connectivity index (χ2n) is 13.3. The van der Waals surface area contributed by atoms with Gasteiger partial charge in [0.25, 0.3) is 0 Å². The molecule has 9 rings (SSSR count). The SMILES string of the molecule is CC.CC1(C)c2cc(-c3ccccc3)ccc2-c2cc3c(cc21)c1cc(B(O)O)ccc1n3-c1nc(-c2ccccc2)cc(-c2ccccc2)n1. The first kappa shape index (κ1) is 32.4. The zero-order chi connectivity index (χ0) is 35.3. The molecule has 2 N–H and O–H groups in total. The van der Waals surface area contributed by atoms with Crippen LogP contribution >= 0.6 is 0 Å². The van der Waals surface area contributed by atoms with Crippen molar-refractivity contribution in [3.63, 3.8) is 0 Å². The number of hydrogen-bond acceptors (Lipinski definition) is 4. The molecule has 248 valence electrons. The van der Waals surface area contributed by atoms with Crippen molar-refractivity contribution >= 4 is 34.4 Å². The van der Waals surface area contributed by atoms with Crippen LogP contribution in [0.4, 0.5) is 0 Å². The van der Waals surface area contributed by atoms with Crippen molar-refractivity contribution in [1.82, 2.24) is 14.5 Å². The summed E-state index contributed by atoms with van der Waals surface area (Å²) in [6.45, 7) is 8.58. The Bertz CT molecular complexity index is 2490. The van der Waals surface area contributed by atoms with E-state index < -0.39 is 7.12 Å². The summed E-state index contributed by atoms with van der Waals surface area (Å²) in [6.07, 6.45) is 0. The fraction of sp³-hybridized carbons (Fsp3) is 0.111. The van der Waals surface area contributed by atoms with E-state index in [0.29, 0.717) is 11.4 Å². The molecule has 5 nitrogen and oxygen atoms in total. The lowest BCUT2D eigenvalue weighted by Gasteiger charge is -2.22. The molecule has 0 bridgehead atoms. The van der Waals surface area contributed by atoms with E-state index in [1.807, 2.05) is 74.5 Å². The minimum atomic E-state index is -1.59. The summed E-state index contributed by atoms with van der Waals surface area (Å²) in [5.74, 6) is 0.550. The van der Waals surface area contributed by atoms with Crippen molar-refractivity contribution in [3.05, 3.63) is 157 Å². The van der Waals surface area contributed by atoms with Crippen LogP contribution in [-0.2, 0) is 5.41 Å². The predicted molar refractivity (Wildman–Crippen MR) is 211 cm³/mol. The third kappa shape index (κ3) is 5.44. The van der Waals surface area contributed by atoms with Gasteiger partial charge in [-0.1, -0.05) is 143 Å². The first-order valence-electron chi connectivity index (χ1n) is 17.6. The zero-order valence-corrected chi connectivity index (χ0v) is 29.2. The van der Waals surface area contributed by atoms with Gasteiger partial charge in [-0.05, 0) is 69.2 Å². The van der Waals surface area contributed by atoms with Crippen molar-refractivity contribution in [2.75, 3.05) is 0 Å². The van der Waals surface area contributed by atoms with Gasteiger partial charge in [0.1, 0.15) is 0 Å². The number of aromatic nitrogens is 3. The van der Waals surface area contributed by atoms with E-state index >= 15 is 0 Å². The van der Waals surface area contributed by atoms with Gasteiger partial charge in [-0.2, -0.15) is 0 Å². The van der Waals surface area contributed by atoms with Crippen molar-refractivity contribution in [2.45, 2.75) is 33.1 Å². The molecule has 1 aliphatic rings. The van der Waals surface area contributed by atoms with Gasteiger partial charge < -0.3 is 10.0 Å². The third-order valence-corrected chi connectivity index (χ3v) is 10.0. The summed E-state index contributed by atoms with van der Waals surface area (Å²) in [6, 6.07) is 49.9. The highest BCUT2D eigenvalue weighted by atomic mass is 16.4. The van der Waals surface area contributed by atoms with Crippen LogP contribution in [0.5, 0.6) is 0 Å². The molecule has 8 aromatic rings. The Morgan fingerprint density at radius 1 is 0.510 bits per heavy atom. The van der Waals surface area contributed by atoms with E-state index in [4.69, 9.17) is 9.97 Å². The molecule has 2 aromatic heterocycles. The Hall–Kier alpha value is -5.82. The van der Waals surface area contributed by atoms with E-state index in [0.717, 1.165) is 44.3 Å². The van der Waals surface area contributed by atoms with Crippen LogP contribution in [0.2, 0.25) is 0 Å². The van der Waals surface area contributed by atoms with Gasteiger partial charge in [0.05, 0.1) is 22.4 Å². The molecule has 0 amide bonds. The van der Waals surface area contributed by atoms with Crippen LogP contribution in [0.25, 0.3) is 72.5 Å². The predicted octanol–water partition coefficient (Wildman–Crippen LogP) is 9.59. The average molecular weight is 664 g/mol. The molecule has 6 aromatic carbocycles. The van der Waals surface area contributed by atoms with Gasteiger partial charge in [0.2, 0.25) is 5.95 Å². The number of hydrogen-bond donors (Lipinski definition) is 2. The number of rotatable bonds is 5. The van der Waals surface area contributed by atoms with E-state index in [1.54, 1.807) is 6.07 Å². The fourth-order valence-corrected chi connectivity index (χ4v) is 7.50. The molecular weight excluding hydrogens is 625 g/mol. The third-order valence-electron chi connectivity index (χ3n) is 10.0. The minimum Gasteiger partial charge on any atom is -0.423 e. The maximum atomic E-state index is 10.2. The lowest BCUT2D eigenvalue weighted by atomic mass is 9.79. The number of nitrogens with zero attached hydrogens (tertiary/aromatic N) is 3. The molecule has 0 unspecified atom stereocenters. The molecule has 0 saturated heterocycles.